The first-order valence-electron chi connectivity index (χ1n) is 4.44. The van der Waals surface area contributed by atoms with Crippen molar-refractivity contribution in [3.05, 3.63) is 23.3 Å². The summed E-state index contributed by atoms with van der Waals surface area (Å²) >= 11 is 0. The quantitative estimate of drug-likeness (QED) is 0.545. The van der Waals surface area contributed by atoms with Gasteiger partial charge in [-0.3, -0.25) is 9.59 Å². The first-order valence-corrected chi connectivity index (χ1v) is 4.44. The zero-order chi connectivity index (χ0) is 12.3. The van der Waals surface area contributed by atoms with Gasteiger partial charge in [0.1, 0.15) is 11.5 Å². The molecule has 0 fully saturated rings. The summed E-state index contributed by atoms with van der Waals surface area (Å²) in [5.41, 5.74) is -0.162. The smallest absolute Gasteiger partial charge is 0.307 e. The van der Waals surface area contributed by atoms with Crippen LogP contribution in [0.4, 0.5) is 0 Å². The SMILES string of the molecule is CNC(=O)c1cc(O)cc(CC(=O)O)c1O. The minimum atomic E-state index is -1.16. The van der Waals surface area contributed by atoms with Gasteiger partial charge in [-0.1, -0.05) is 0 Å². The first kappa shape index (κ1) is 11.8. The average Bonchev–Trinajstić information content (AvgIpc) is 2.21. The lowest BCUT2D eigenvalue weighted by atomic mass is 10.0. The number of phenolic OH excluding ortho intramolecular Hbond substituents is 2. The van der Waals surface area contributed by atoms with Crippen LogP contribution in [-0.2, 0) is 11.2 Å². The van der Waals surface area contributed by atoms with Gasteiger partial charge in [0.05, 0.1) is 12.0 Å². The van der Waals surface area contributed by atoms with Crippen molar-refractivity contribution in [1.82, 2.24) is 5.32 Å². The molecule has 16 heavy (non-hydrogen) atoms. The van der Waals surface area contributed by atoms with Crippen LogP contribution in [0, 0.1) is 0 Å². The highest BCUT2D eigenvalue weighted by Gasteiger charge is 2.16. The Labute approximate surface area is 91.1 Å². The number of aliphatic carboxylic acids is 1. The number of nitrogens with one attached hydrogen (secondary N) is 1. The average molecular weight is 225 g/mol. The van der Waals surface area contributed by atoms with E-state index in [1.54, 1.807) is 0 Å². The molecule has 0 spiro atoms. The number of carboxylic acid groups (broad SMARTS) is 1. The normalized spacial score (nSPS) is 9.81. The van der Waals surface area contributed by atoms with Crippen molar-refractivity contribution in [2.24, 2.45) is 0 Å². The first-order chi connectivity index (χ1) is 7.45. The summed E-state index contributed by atoms with van der Waals surface area (Å²) in [6.45, 7) is 0. The van der Waals surface area contributed by atoms with E-state index in [-0.39, 0.29) is 16.9 Å². The molecule has 1 aromatic carbocycles. The van der Waals surface area contributed by atoms with Crippen LogP contribution in [0.25, 0.3) is 0 Å². The summed E-state index contributed by atoms with van der Waals surface area (Å²) in [6, 6.07) is 2.18. The van der Waals surface area contributed by atoms with Crippen LogP contribution in [0.2, 0.25) is 0 Å². The van der Waals surface area contributed by atoms with E-state index in [4.69, 9.17) is 5.11 Å². The fourth-order valence-corrected chi connectivity index (χ4v) is 1.28. The molecule has 86 valence electrons. The van der Waals surface area contributed by atoms with E-state index in [0.717, 1.165) is 12.1 Å². The lowest BCUT2D eigenvalue weighted by Crippen LogP contribution is -2.18. The highest BCUT2D eigenvalue weighted by molar-refractivity contribution is 5.97. The second-order valence-electron chi connectivity index (χ2n) is 3.15. The Kier molecular flexibility index (Phi) is 3.34. The maximum absolute atomic E-state index is 11.3. The van der Waals surface area contributed by atoms with Crippen molar-refractivity contribution in [1.29, 1.82) is 0 Å². The lowest BCUT2D eigenvalue weighted by molar-refractivity contribution is -0.136. The van der Waals surface area contributed by atoms with Gasteiger partial charge in [0.15, 0.2) is 0 Å². The van der Waals surface area contributed by atoms with Gasteiger partial charge in [-0.2, -0.15) is 0 Å². The number of hydrogen-bond acceptors (Lipinski definition) is 4. The number of carbonyl (C=O) groups is 2. The molecule has 4 N–H and O–H groups in total. The number of amides is 1. The number of benzene rings is 1. The predicted molar refractivity (Wildman–Crippen MR) is 54.5 cm³/mol. The summed E-state index contributed by atoms with van der Waals surface area (Å²) < 4.78 is 0. The Morgan fingerprint density at radius 2 is 1.94 bits per heavy atom. The molecule has 0 unspecified atom stereocenters. The van der Waals surface area contributed by atoms with Crippen LogP contribution in [0.15, 0.2) is 12.1 Å². The summed E-state index contributed by atoms with van der Waals surface area (Å²) in [7, 11) is 1.36. The van der Waals surface area contributed by atoms with Crippen LogP contribution < -0.4 is 5.32 Å². The van der Waals surface area contributed by atoms with Crippen molar-refractivity contribution >= 4 is 11.9 Å². The minimum Gasteiger partial charge on any atom is -0.508 e. The molecule has 0 heterocycles. The Balaban J connectivity index is 3.25. The van der Waals surface area contributed by atoms with Crippen molar-refractivity contribution in [2.75, 3.05) is 7.05 Å². The third-order valence-corrected chi connectivity index (χ3v) is 1.99. The van der Waals surface area contributed by atoms with Crippen molar-refractivity contribution in [3.8, 4) is 11.5 Å². The number of carboxylic acids is 1. The van der Waals surface area contributed by atoms with E-state index in [1.807, 2.05) is 0 Å². The molecule has 0 radical (unpaired) electrons. The van der Waals surface area contributed by atoms with Crippen LogP contribution >= 0.6 is 0 Å². The van der Waals surface area contributed by atoms with E-state index >= 15 is 0 Å². The predicted octanol–water partition coefficient (Wildman–Crippen LogP) is 0.0845. The number of hydrogen-bond donors (Lipinski definition) is 4. The number of rotatable bonds is 3. The van der Waals surface area contributed by atoms with Gasteiger partial charge in [-0.25, -0.2) is 0 Å². The summed E-state index contributed by atoms with van der Waals surface area (Å²) in [5.74, 6) is -2.46. The molecule has 1 rings (SSSR count). The molecule has 0 aromatic heterocycles. The Morgan fingerprint density at radius 1 is 1.31 bits per heavy atom. The molecule has 0 aliphatic carbocycles. The van der Waals surface area contributed by atoms with Crippen LogP contribution in [0.1, 0.15) is 15.9 Å². The van der Waals surface area contributed by atoms with E-state index in [2.05, 4.69) is 5.32 Å². The number of phenols is 2. The molecule has 0 bridgehead atoms. The zero-order valence-electron chi connectivity index (χ0n) is 8.52. The highest BCUT2D eigenvalue weighted by atomic mass is 16.4. The highest BCUT2D eigenvalue weighted by Crippen LogP contribution is 2.28. The zero-order valence-corrected chi connectivity index (χ0v) is 8.52. The fourth-order valence-electron chi connectivity index (χ4n) is 1.28. The topological polar surface area (TPSA) is 107 Å². The Bertz CT molecular complexity index is 441. The van der Waals surface area contributed by atoms with Gasteiger partial charge in [0.25, 0.3) is 5.91 Å². The van der Waals surface area contributed by atoms with Crippen molar-refractivity contribution in [3.63, 3.8) is 0 Å². The number of carbonyl (C=O) groups excluding carboxylic acids is 1. The maximum Gasteiger partial charge on any atom is 0.307 e. The van der Waals surface area contributed by atoms with E-state index < -0.39 is 24.0 Å². The molecule has 1 amide bonds. The van der Waals surface area contributed by atoms with E-state index in [1.165, 1.54) is 7.05 Å². The standard InChI is InChI=1S/C10H11NO5/c1-11-10(16)7-4-6(12)2-5(9(7)15)3-8(13)14/h2,4,12,15H,3H2,1H3,(H,11,16)(H,13,14). The van der Waals surface area contributed by atoms with Gasteiger partial charge in [0.2, 0.25) is 0 Å². The summed E-state index contributed by atoms with van der Waals surface area (Å²) in [6.07, 6.45) is -0.468. The van der Waals surface area contributed by atoms with Crippen LogP contribution in [-0.4, -0.2) is 34.2 Å². The molecule has 6 nitrogen and oxygen atoms in total. The molecule has 6 heteroatoms. The molecule has 0 aliphatic heterocycles. The summed E-state index contributed by atoms with van der Waals surface area (Å²) in [5, 5.41) is 29.8. The van der Waals surface area contributed by atoms with Gasteiger partial charge in [-0.15, -0.1) is 0 Å². The molecular formula is C10H11NO5. The fraction of sp³-hybridized carbons (Fsp3) is 0.200. The largest absolute Gasteiger partial charge is 0.508 e. The Morgan fingerprint density at radius 3 is 2.44 bits per heavy atom. The minimum absolute atomic E-state index is 0.00824. The third kappa shape index (κ3) is 2.41. The van der Waals surface area contributed by atoms with E-state index in [0.29, 0.717) is 0 Å². The van der Waals surface area contributed by atoms with Gasteiger partial charge in [-0.05, 0) is 12.1 Å². The number of aromatic hydroxyl groups is 2. The van der Waals surface area contributed by atoms with Crippen LogP contribution in [0.5, 0.6) is 11.5 Å². The van der Waals surface area contributed by atoms with Crippen molar-refractivity contribution in [2.45, 2.75) is 6.42 Å². The molecule has 0 saturated heterocycles. The molecular weight excluding hydrogens is 214 g/mol. The van der Waals surface area contributed by atoms with Gasteiger partial charge >= 0.3 is 5.97 Å². The third-order valence-electron chi connectivity index (χ3n) is 1.99. The Hall–Kier alpha value is -2.24. The summed E-state index contributed by atoms with van der Waals surface area (Å²) in [4.78, 5) is 21.8. The molecule has 0 aliphatic rings. The van der Waals surface area contributed by atoms with Gasteiger partial charge in [0, 0.05) is 12.6 Å². The molecule has 1 aromatic rings. The van der Waals surface area contributed by atoms with Gasteiger partial charge < -0.3 is 20.6 Å². The monoisotopic (exact) mass is 225 g/mol. The second kappa shape index (κ2) is 4.52. The van der Waals surface area contributed by atoms with E-state index in [9.17, 15) is 19.8 Å². The maximum atomic E-state index is 11.3. The van der Waals surface area contributed by atoms with Crippen molar-refractivity contribution < 1.29 is 24.9 Å². The molecule has 0 atom stereocenters. The molecule has 0 saturated carbocycles. The van der Waals surface area contributed by atoms with Crippen LogP contribution in [0.3, 0.4) is 0 Å². The second-order valence-corrected chi connectivity index (χ2v) is 3.15. The lowest BCUT2D eigenvalue weighted by Gasteiger charge is -2.08.